The van der Waals surface area contributed by atoms with E-state index >= 15 is 0 Å². The molecule has 0 aliphatic heterocycles. The number of aryl methyl sites for hydroxylation is 1. The number of aliphatic carboxylic acids is 1. The highest BCUT2D eigenvalue weighted by atomic mass is 32.2. The number of carboxylic acid groups (broad SMARTS) is 1. The van der Waals surface area contributed by atoms with Crippen LogP contribution in [0.3, 0.4) is 0 Å². The highest BCUT2D eigenvalue weighted by Gasteiger charge is 2.02. The van der Waals surface area contributed by atoms with Gasteiger partial charge in [0.25, 0.3) is 5.56 Å². The Morgan fingerprint density at radius 1 is 1.77 bits per heavy atom. The molecule has 0 saturated heterocycles. The van der Waals surface area contributed by atoms with Gasteiger partial charge in [-0.05, 0) is 6.92 Å². The quantitative estimate of drug-likeness (QED) is 0.540. The first-order valence-corrected chi connectivity index (χ1v) is 4.48. The first kappa shape index (κ1) is 9.79. The van der Waals surface area contributed by atoms with Crippen LogP contribution in [-0.2, 0) is 4.79 Å². The Morgan fingerprint density at radius 2 is 2.46 bits per heavy atom. The molecule has 0 spiro atoms. The minimum atomic E-state index is -0.937. The second-order valence-electron chi connectivity index (χ2n) is 2.38. The first-order chi connectivity index (χ1) is 6.09. The molecule has 1 rings (SSSR count). The molecule has 0 unspecified atom stereocenters. The molecule has 5 nitrogen and oxygen atoms in total. The number of aromatic nitrogens is 2. The summed E-state index contributed by atoms with van der Waals surface area (Å²) in [5.41, 5.74) is 0.280. The Labute approximate surface area is 78.2 Å². The third-order valence-corrected chi connectivity index (χ3v) is 2.16. The fourth-order valence-electron chi connectivity index (χ4n) is 0.646. The molecule has 0 aliphatic carbocycles. The predicted molar refractivity (Wildman–Crippen MR) is 48.0 cm³/mol. The number of carboxylic acids is 1. The Kier molecular flexibility index (Phi) is 3.07. The van der Waals surface area contributed by atoms with Crippen LogP contribution >= 0.6 is 11.8 Å². The van der Waals surface area contributed by atoms with Gasteiger partial charge in [-0.3, -0.25) is 9.59 Å². The number of thioether (sulfide) groups is 1. The SMILES string of the molecule is Cc1cnc(SCC(=O)O)[nH]c1=O. The van der Waals surface area contributed by atoms with Gasteiger partial charge >= 0.3 is 5.97 Å². The van der Waals surface area contributed by atoms with Gasteiger partial charge in [0.05, 0.1) is 5.75 Å². The zero-order valence-electron chi connectivity index (χ0n) is 6.90. The van der Waals surface area contributed by atoms with E-state index in [-0.39, 0.29) is 11.3 Å². The van der Waals surface area contributed by atoms with E-state index in [9.17, 15) is 9.59 Å². The van der Waals surface area contributed by atoms with Crippen LogP contribution in [0, 0.1) is 6.92 Å². The minimum Gasteiger partial charge on any atom is -0.481 e. The van der Waals surface area contributed by atoms with Crippen molar-refractivity contribution in [3.8, 4) is 0 Å². The molecule has 0 atom stereocenters. The van der Waals surface area contributed by atoms with Gasteiger partial charge in [-0.25, -0.2) is 4.98 Å². The number of aromatic amines is 1. The fourth-order valence-corrected chi connectivity index (χ4v) is 1.20. The van der Waals surface area contributed by atoms with Gasteiger partial charge in [0.1, 0.15) is 0 Å². The third-order valence-electron chi connectivity index (χ3n) is 1.29. The molecular formula is C7H8N2O3S. The average Bonchev–Trinajstić information content (AvgIpc) is 2.07. The van der Waals surface area contributed by atoms with Crippen LogP contribution < -0.4 is 5.56 Å². The van der Waals surface area contributed by atoms with Crippen LogP contribution in [0.1, 0.15) is 5.56 Å². The summed E-state index contributed by atoms with van der Waals surface area (Å²) in [6, 6.07) is 0. The number of hydrogen-bond donors (Lipinski definition) is 2. The molecule has 1 heterocycles. The Hall–Kier alpha value is -1.30. The molecule has 6 heteroatoms. The normalized spacial score (nSPS) is 9.92. The highest BCUT2D eigenvalue weighted by molar-refractivity contribution is 7.99. The van der Waals surface area contributed by atoms with E-state index in [0.717, 1.165) is 11.8 Å². The standard InChI is InChI=1S/C7H8N2O3S/c1-4-2-8-7(9-6(4)12)13-3-5(10)11/h2H,3H2,1H3,(H,10,11)(H,8,9,12). The van der Waals surface area contributed by atoms with E-state index in [1.54, 1.807) is 6.92 Å². The molecule has 0 aromatic carbocycles. The maximum absolute atomic E-state index is 11.0. The van der Waals surface area contributed by atoms with E-state index in [2.05, 4.69) is 9.97 Å². The Balaban J connectivity index is 2.74. The molecule has 0 amide bonds. The van der Waals surface area contributed by atoms with Crippen LogP contribution in [0.15, 0.2) is 16.1 Å². The summed E-state index contributed by atoms with van der Waals surface area (Å²) in [5, 5.41) is 8.69. The van der Waals surface area contributed by atoms with Crippen molar-refractivity contribution in [2.75, 3.05) is 5.75 Å². The highest BCUT2D eigenvalue weighted by Crippen LogP contribution is 2.09. The van der Waals surface area contributed by atoms with Crippen molar-refractivity contribution in [1.82, 2.24) is 9.97 Å². The van der Waals surface area contributed by atoms with Crippen molar-refractivity contribution < 1.29 is 9.90 Å². The van der Waals surface area contributed by atoms with Crippen molar-refractivity contribution in [2.45, 2.75) is 12.1 Å². The number of nitrogens with one attached hydrogen (secondary N) is 1. The topological polar surface area (TPSA) is 83.0 Å². The smallest absolute Gasteiger partial charge is 0.313 e. The summed E-state index contributed by atoms with van der Waals surface area (Å²) in [4.78, 5) is 27.5. The van der Waals surface area contributed by atoms with E-state index in [4.69, 9.17) is 5.11 Å². The van der Waals surface area contributed by atoms with Gasteiger partial charge < -0.3 is 10.1 Å². The van der Waals surface area contributed by atoms with E-state index in [1.165, 1.54) is 6.20 Å². The zero-order chi connectivity index (χ0) is 9.84. The summed E-state index contributed by atoms with van der Waals surface area (Å²) in [7, 11) is 0. The first-order valence-electron chi connectivity index (χ1n) is 3.50. The summed E-state index contributed by atoms with van der Waals surface area (Å²) < 4.78 is 0. The summed E-state index contributed by atoms with van der Waals surface area (Å²) in [6.07, 6.45) is 1.42. The molecule has 0 saturated carbocycles. The second kappa shape index (κ2) is 4.08. The summed E-state index contributed by atoms with van der Waals surface area (Å²) >= 11 is 0.985. The molecule has 0 aliphatic rings. The zero-order valence-corrected chi connectivity index (χ0v) is 7.72. The second-order valence-corrected chi connectivity index (χ2v) is 3.35. The number of carbonyl (C=O) groups is 1. The monoisotopic (exact) mass is 200 g/mol. The minimum absolute atomic E-state index is 0.105. The lowest BCUT2D eigenvalue weighted by Crippen LogP contribution is -2.11. The lowest BCUT2D eigenvalue weighted by Gasteiger charge is -1.97. The molecule has 0 radical (unpaired) electrons. The van der Waals surface area contributed by atoms with Crippen molar-refractivity contribution in [1.29, 1.82) is 0 Å². The Bertz CT molecular complexity index is 374. The fraction of sp³-hybridized carbons (Fsp3) is 0.286. The molecule has 0 fully saturated rings. The van der Waals surface area contributed by atoms with Gasteiger partial charge in [0, 0.05) is 11.8 Å². The van der Waals surface area contributed by atoms with Gasteiger partial charge in [0.2, 0.25) is 0 Å². The van der Waals surface area contributed by atoms with E-state index < -0.39 is 5.97 Å². The lowest BCUT2D eigenvalue weighted by molar-refractivity contribution is -0.133. The molecular weight excluding hydrogens is 192 g/mol. The Morgan fingerprint density at radius 3 is 3.00 bits per heavy atom. The van der Waals surface area contributed by atoms with Crippen LogP contribution in [0.4, 0.5) is 0 Å². The average molecular weight is 200 g/mol. The van der Waals surface area contributed by atoms with Crippen molar-refractivity contribution in [2.24, 2.45) is 0 Å². The van der Waals surface area contributed by atoms with E-state index in [1.807, 2.05) is 0 Å². The van der Waals surface area contributed by atoms with Crippen LogP contribution in [0.2, 0.25) is 0 Å². The maximum atomic E-state index is 11.0. The van der Waals surface area contributed by atoms with Crippen molar-refractivity contribution in [3.63, 3.8) is 0 Å². The van der Waals surface area contributed by atoms with Gasteiger partial charge in [-0.1, -0.05) is 11.8 Å². The molecule has 1 aromatic rings. The van der Waals surface area contributed by atoms with Crippen LogP contribution in [0.25, 0.3) is 0 Å². The largest absolute Gasteiger partial charge is 0.481 e. The van der Waals surface area contributed by atoms with Gasteiger partial charge in [0.15, 0.2) is 5.16 Å². The van der Waals surface area contributed by atoms with Gasteiger partial charge in [-0.15, -0.1) is 0 Å². The molecule has 0 bridgehead atoms. The molecule has 13 heavy (non-hydrogen) atoms. The number of hydrogen-bond acceptors (Lipinski definition) is 4. The lowest BCUT2D eigenvalue weighted by atomic mass is 10.4. The molecule has 2 N–H and O–H groups in total. The number of nitrogens with zero attached hydrogens (tertiary/aromatic N) is 1. The maximum Gasteiger partial charge on any atom is 0.313 e. The number of rotatable bonds is 3. The summed E-state index contributed by atoms with van der Waals surface area (Å²) in [6.45, 7) is 1.64. The van der Waals surface area contributed by atoms with Crippen LogP contribution in [-0.4, -0.2) is 26.8 Å². The van der Waals surface area contributed by atoms with Gasteiger partial charge in [-0.2, -0.15) is 0 Å². The van der Waals surface area contributed by atoms with Crippen LogP contribution in [0.5, 0.6) is 0 Å². The van der Waals surface area contributed by atoms with Crippen molar-refractivity contribution in [3.05, 3.63) is 22.1 Å². The third kappa shape index (κ3) is 2.90. The summed E-state index contributed by atoms with van der Waals surface area (Å²) in [5.74, 6) is -1.04. The predicted octanol–water partition coefficient (Wildman–Crippen LogP) is 0.255. The molecule has 70 valence electrons. The van der Waals surface area contributed by atoms with E-state index in [0.29, 0.717) is 10.7 Å². The van der Waals surface area contributed by atoms with Crippen molar-refractivity contribution >= 4 is 17.7 Å². The molecule has 1 aromatic heterocycles. The number of H-pyrrole nitrogens is 1.